The highest BCUT2D eigenvalue weighted by Gasteiger charge is 2.39. The van der Waals surface area contributed by atoms with Gasteiger partial charge in [0.2, 0.25) is 5.91 Å². The van der Waals surface area contributed by atoms with Crippen LogP contribution in [0.15, 0.2) is 0 Å². The molecule has 0 aromatic carbocycles. The third kappa shape index (κ3) is 3.19. The van der Waals surface area contributed by atoms with Gasteiger partial charge in [0.1, 0.15) is 0 Å². The van der Waals surface area contributed by atoms with Crippen molar-refractivity contribution in [1.82, 2.24) is 4.90 Å². The van der Waals surface area contributed by atoms with Gasteiger partial charge >= 0.3 is 0 Å². The summed E-state index contributed by atoms with van der Waals surface area (Å²) in [4.78, 5) is 13.5. The number of amides is 1. The summed E-state index contributed by atoms with van der Waals surface area (Å²) in [6.07, 6.45) is 4.05. The van der Waals surface area contributed by atoms with E-state index in [-0.39, 0.29) is 11.9 Å². The van der Waals surface area contributed by atoms with E-state index in [2.05, 4.69) is 0 Å². The smallest absolute Gasteiger partial charge is 0.239 e. The normalized spacial score (nSPS) is 26.8. The van der Waals surface area contributed by atoms with Crippen LogP contribution in [-0.4, -0.2) is 49.9 Å². The van der Waals surface area contributed by atoms with Gasteiger partial charge in [-0.1, -0.05) is 6.92 Å². The molecule has 0 heterocycles. The van der Waals surface area contributed by atoms with Crippen molar-refractivity contribution in [2.75, 3.05) is 13.3 Å². The molecule has 0 spiro atoms. The molecule has 5 nitrogen and oxygen atoms in total. The van der Waals surface area contributed by atoms with Crippen LogP contribution in [0.2, 0.25) is 0 Å². The Bertz CT molecular complexity index is 380. The van der Waals surface area contributed by atoms with Crippen molar-refractivity contribution >= 4 is 15.7 Å². The van der Waals surface area contributed by atoms with Crippen LogP contribution in [0.3, 0.4) is 0 Å². The zero-order chi connectivity index (χ0) is 13.2. The Morgan fingerprint density at radius 3 is 2.53 bits per heavy atom. The molecule has 0 unspecified atom stereocenters. The Labute approximate surface area is 103 Å². The van der Waals surface area contributed by atoms with E-state index in [0.717, 1.165) is 12.8 Å². The molecular weight excluding hydrogens is 240 g/mol. The van der Waals surface area contributed by atoms with Crippen molar-refractivity contribution in [2.24, 2.45) is 5.73 Å². The highest BCUT2D eigenvalue weighted by atomic mass is 32.2. The monoisotopic (exact) mass is 262 g/mol. The van der Waals surface area contributed by atoms with E-state index in [4.69, 9.17) is 5.73 Å². The largest absolute Gasteiger partial charge is 0.340 e. The molecule has 2 N–H and O–H groups in total. The summed E-state index contributed by atoms with van der Waals surface area (Å²) in [5.41, 5.74) is 5.70. The van der Waals surface area contributed by atoms with Crippen LogP contribution in [0, 0.1) is 0 Å². The molecule has 0 bridgehead atoms. The van der Waals surface area contributed by atoms with E-state index in [1.807, 2.05) is 6.92 Å². The molecular formula is C11H22N2O3S. The lowest BCUT2D eigenvalue weighted by atomic mass is 10.1. The van der Waals surface area contributed by atoms with Crippen LogP contribution >= 0.6 is 0 Å². The van der Waals surface area contributed by atoms with Gasteiger partial charge in [0, 0.05) is 19.3 Å². The second-order valence-corrected chi connectivity index (χ2v) is 7.09. The van der Waals surface area contributed by atoms with Crippen LogP contribution in [0.4, 0.5) is 0 Å². The SMILES string of the molecule is CC[C@H](N)C(=O)N(C)[C@@H]1CCC[C@@H]1S(C)(=O)=O. The standard InChI is InChI=1S/C11H22N2O3S/c1-4-8(12)11(14)13(2)9-6-5-7-10(9)17(3,15)16/h8-10H,4-7,12H2,1-3H3/t8-,9+,10-/m0/s1. The van der Waals surface area contributed by atoms with Gasteiger partial charge in [-0.25, -0.2) is 8.42 Å². The number of carbonyl (C=O) groups excluding carboxylic acids is 1. The van der Waals surface area contributed by atoms with E-state index in [9.17, 15) is 13.2 Å². The number of nitrogens with two attached hydrogens (primary N) is 1. The van der Waals surface area contributed by atoms with E-state index in [1.165, 1.54) is 11.2 Å². The summed E-state index contributed by atoms with van der Waals surface area (Å²) in [7, 11) is -1.44. The molecule has 17 heavy (non-hydrogen) atoms. The minimum Gasteiger partial charge on any atom is -0.340 e. The first kappa shape index (κ1) is 14.4. The molecule has 0 radical (unpaired) electrons. The predicted molar refractivity (Wildman–Crippen MR) is 67.3 cm³/mol. The highest BCUT2D eigenvalue weighted by Crippen LogP contribution is 2.28. The van der Waals surface area contributed by atoms with Gasteiger partial charge in [-0.3, -0.25) is 4.79 Å². The van der Waals surface area contributed by atoms with Crippen molar-refractivity contribution in [2.45, 2.75) is 49.9 Å². The fraction of sp³-hybridized carbons (Fsp3) is 0.909. The molecule has 0 aliphatic heterocycles. The first-order chi connectivity index (χ1) is 7.79. The van der Waals surface area contributed by atoms with Gasteiger partial charge in [-0.2, -0.15) is 0 Å². The molecule has 3 atom stereocenters. The van der Waals surface area contributed by atoms with Crippen LogP contribution in [0.1, 0.15) is 32.6 Å². The molecule has 0 saturated heterocycles. The van der Waals surface area contributed by atoms with E-state index in [1.54, 1.807) is 7.05 Å². The summed E-state index contributed by atoms with van der Waals surface area (Å²) in [6.45, 7) is 1.85. The molecule has 1 aliphatic rings. The Balaban J connectivity index is 2.82. The lowest BCUT2D eigenvalue weighted by Gasteiger charge is -2.30. The maximum Gasteiger partial charge on any atom is 0.239 e. The predicted octanol–water partition coefficient (Wildman–Crippen LogP) is 0.148. The zero-order valence-corrected chi connectivity index (χ0v) is 11.5. The fourth-order valence-corrected chi connectivity index (χ4v) is 3.93. The number of hydrogen-bond acceptors (Lipinski definition) is 4. The molecule has 1 saturated carbocycles. The van der Waals surface area contributed by atoms with E-state index < -0.39 is 21.1 Å². The van der Waals surface area contributed by atoms with Crippen molar-refractivity contribution in [3.05, 3.63) is 0 Å². The lowest BCUT2D eigenvalue weighted by molar-refractivity contribution is -0.133. The molecule has 100 valence electrons. The van der Waals surface area contributed by atoms with Crippen LogP contribution in [-0.2, 0) is 14.6 Å². The summed E-state index contributed by atoms with van der Waals surface area (Å²) in [5.74, 6) is -0.159. The Morgan fingerprint density at radius 1 is 1.47 bits per heavy atom. The second-order valence-electron chi connectivity index (χ2n) is 4.83. The maximum atomic E-state index is 11.9. The summed E-state index contributed by atoms with van der Waals surface area (Å²) in [6, 6.07) is -0.740. The maximum absolute atomic E-state index is 11.9. The average molecular weight is 262 g/mol. The fourth-order valence-electron chi connectivity index (χ4n) is 2.45. The first-order valence-electron chi connectivity index (χ1n) is 6.00. The highest BCUT2D eigenvalue weighted by molar-refractivity contribution is 7.91. The third-order valence-electron chi connectivity index (χ3n) is 3.57. The Kier molecular flexibility index (Phi) is 4.55. The van der Waals surface area contributed by atoms with Gasteiger partial charge in [0.25, 0.3) is 0 Å². The number of carbonyl (C=O) groups is 1. The Morgan fingerprint density at radius 2 is 2.06 bits per heavy atom. The quantitative estimate of drug-likeness (QED) is 0.782. The topological polar surface area (TPSA) is 80.5 Å². The van der Waals surface area contributed by atoms with Crippen molar-refractivity contribution < 1.29 is 13.2 Å². The number of nitrogens with zero attached hydrogens (tertiary/aromatic N) is 1. The van der Waals surface area contributed by atoms with Crippen LogP contribution < -0.4 is 5.73 Å². The van der Waals surface area contributed by atoms with Gasteiger partial charge in [0.05, 0.1) is 11.3 Å². The first-order valence-corrected chi connectivity index (χ1v) is 7.95. The second kappa shape index (κ2) is 5.35. The molecule has 1 aliphatic carbocycles. The summed E-state index contributed by atoms with van der Waals surface area (Å²) < 4.78 is 23.3. The van der Waals surface area contributed by atoms with E-state index >= 15 is 0 Å². The molecule has 1 amide bonds. The molecule has 6 heteroatoms. The van der Waals surface area contributed by atoms with E-state index in [0.29, 0.717) is 12.8 Å². The average Bonchev–Trinajstić information content (AvgIpc) is 2.74. The van der Waals surface area contributed by atoms with Gasteiger partial charge in [-0.05, 0) is 25.7 Å². The third-order valence-corrected chi connectivity index (χ3v) is 5.22. The van der Waals surface area contributed by atoms with Crippen LogP contribution in [0.25, 0.3) is 0 Å². The molecule has 0 aromatic heterocycles. The molecule has 1 fully saturated rings. The van der Waals surface area contributed by atoms with Gasteiger partial charge < -0.3 is 10.6 Å². The van der Waals surface area contributed by atoms with Crippen molar-refractivity contribution in [1.29, 1.82) is 0 Å². The molecule has 0 aromatic rings. The minimum absolute atomic E-state index is 0.159. The summed E-state index contributed by atoms with van der Waals surface area (Å²) >= 11 is 0. The molecule has 1 rings (SSSR count). The number of sulfone groups is 1. The van der Waals surface area contributed by atoms with Gasteiger partial charge in [0.15, 0.2) is 9.84 Å². The van der Waals surface area contributed by atoms with Crippen molar-refractivity contribution in [3.63, 3.8) is 0 Å². The number of hydrogen-bond donors (Lipinski definition) is 1. The summed E-state index contributed by atoms with van der Waals surface area (Å²) in [5, 5.41) is -0.430. The number of rotatable bonds is 4. The number of likely N-dealkylation sites (N-methyl/N-ethyl adjacent to an activating group) is 1. The Hall–Kier alpha value is -0.620. The minimum atomic E-state index is -3.10. The van der Waals surface area contributed by atoms with Gasteiger partial charge in [-0.15, -0.1) is 0 Å². The zero-order valence-electron chi connectivity index (χ0n) is 10.7. The van der Waals surface area contributed by atoms with Crippen molar-refractivity contribution in [3.8, 4) is 0 Å². The van der Waals surface area contributed by atoms with Crippen LogP contribution in [0.5, 0.6) is 0 Å². The lowest BCUT2D eigenvalue weighted by Crippen LogP contribution is -2.50.